The number of thiazole rings is 1. The number of nitrogens with one attached hydrogen (secondary N) is 1. The Morgan fingerprint density at radius 3 is 2.67 bits per heavy atom. The molecule has 0 bridgehead atoms. The molecule has 0 saturated carbocycles. The SMILES string of the molecule is CC[C@H](C)CN(C[C@@H](O)[C@H](Cc1ccccc1)NC(=O)[C@@H]1CN(c2cccc(F)c2)C(=O)O1)S(=O)(=O)c1ccc2ncsc2c1. The first-order valence-corrected chi connectivity index (χ1v) is 17.0. The van der Waals surface area contributed by atoms with Crippen LogP contribution in [0.3, 0.4) is 0 Å². The van der Waals surface area contributed by atoms with Crippen LogP contribution in [0.25, 0.3) is 10.2 Å². The summed E-state index contributed by atoms with van der Waals surface area (Å²) < 4.78 is 49.0. The number of cyclic esters (lactones) is 1. The minimum absolute atomic E-state index is 0.00650. The molecule has 2 heterocycles. The lowest BCUT2D eigenvalue weighted by Gasteiger charge is -2.31. The van der Waals surface area contributed by atoms with Crippen LogP contribution in [0.15, 0.2) is 83.2 Å². The van der Waals surface area contributed by atoms with Gasteiger partial charge in [-0.05, 0) is 54.3 Å². The number of aliphatic hydroxyl groups excluding tert-OH is 1. The molecule has 5 rings (SSSR count). The lowest BCUT2D eigenvalue weighted by Crippen LogP contribution is -2.53. The van der Waals surface area contributed by atoms with Crippen molar-refractivity contribution in [2.24, 2.45) is 5.92 Å². The molecular weight excluding hydrogens is 620 g/mol. The van der Waals surface area contributed by atoms with Crippen LogP contribution in [0.1, 0.15) is 25.8 Å². The van der Waals surface area contributed by atoms with Gasteiger partial charge in [-0.15, -0.1) is 11.3 Å². The molecule has 2 N–H and O–H groups in total. The van der Waals surface area contributed by atoms with Crippen LogP contribution in [0, 0.1) is 11.7 Å². The van der Waals surface area contributed by atoms with Gasteiger partial charge in [-0.1, -0.05) is 56.7 Å². The van der Waals surface area contributed by atoms with Crippen LogP contribution in [0.5, 0.6) is 0 Å². The highest BCUT2D eigenvalue weighted by atomic mass is 32.2. The van der Waals surface area contributed by atoms with Crippen molar-refractivity contribution in [1.82, 2.24) is 14.6 Å². The Morgan fingerprint density at radius 1 is 1.16 bits per heavy atom. The molecule has 1 saturated heterocycles. The number of carbonyl (C=O) groups is 2. The fraction of sp³-hybridized carbons (Fsp3) is 0.344. The molecular formula is C32H35FN4O6S2. The first-order chi connectivity index (χ1) is 21.5. The number of hydrogen-bond acceptors (Lipinski definition) is 8. The zero-order valence-electron chi connectivity index (χ0n) is 24.9. The number of rotatable bonds is 13. The van der Waals surface area contributed by atoms with Crippen molar-refractivity contribution in [2.45, 2.75) is 49.8 Å². The number of amides is 2. The largest absolute Gasteiger partial charge is 0.434 e. The zero-order chi connectivity index (χ0) is 32.1. The minimum atomic E-state index is -4.04. The van der Waals surface area contributed by atoms with Crippen LogP contribution < -0.4 is 10.2 Å². The van der Waals surface area contributed by atoms with Crippen LogP contribution >= 0.6 is 11.3 Å². The van der Waals surface area contributed by atoms with Crippen LogP contribution in [-0.4, -0.2) is 72.7 Å². The molecule has 1 aliphatic rings. The maximum absolute atomic E-state index is 13.9. The number of aliphatic hydroxyl groups is 1. The topological polar surface area (TPSA) is 129 Å². The Bertz CT molecular complexity index is 1750. The van der Waals surface area contributed by atoms with Gasteiger partial charge in [0.05, 0.1) is 45.0 Å². The van der Waals surface area contributed by atoms with Gasteiger partial charge in [0.25, 0.3) is 5.91 Å². The Hall–Kier alpha value is -3.91. The second kappa shape index (κ2) is 14.0. The number of hydrogen-bond donors (Lipinski definition) is 2. The van der Waals surface area contributed by atoms with E-state index in [0.717, 1.165) is 21.6 Å². The number of carbonyl (C=O) groups excluding carboxylic acids is 2. The Labute approximate surface area is 265 Å². The summed E-state index contributed by atoms with van der Waals surface area (Å²) in [4.78, 5) is 31.5. The third-order valence-corrected chi connectivity index (χ3v) is 10.5. The second-order valence-corrected chi connectivity index (χ2v) is 14.0. The van der Waals surface area contributed by atoms with Crippen LogP contribution in [0.2, 0.25) is 0 Å². The van der Waals surface area contributed by atoms with Crippen LogP contribution in [0.4, 0.5) is 14.9 Å². The van der Waals surface area contributed by atoms with Crippen molar-refractivity contribution in [3.63, 3.8) is 0 Å². The predicted molar refractivity (Wildman–Crippen MR) is 170 cm³/mol. The third-order valence-electron chi connectivity index (χ3n) is 7.86. The molecule has 1 aliphatic heterocycles. The lowest BCUT2D eigenvalue weighted by atomic mass is 10.0. The van der Waals surface area contributed by atoms with Crippen molar-refractivity contribution >= 4 is 49.3 Å². The van der Waals surface area contributed by atoms with Crippen LogP contribution in [-0.2, 0) is 26.0 Å². The first-order valence-electron chi connectivity index (χ1n) is 14.6. The molecule has 0 spiro atoms. The molecule has 4 aromatic rings. The molecule has 10 nitrogen and oxygen atoms in total. The summed E-state index contributed by atoms with van der Waals surface area (Å²) in [6.45, 7) is 3.61. The average molecular weight is 655 g/mol. The van der Waals surface area contributed by atoms with Gasteiger partial charge < -0.3 is 15.2 Å². The summed E-state index contributed by atoms with van der Waals surface area (Å²) in [5, 5.41) is 14.4. The van der Waals surface area contributed by atoms with Gasteiger partial charge in [-0.2, -0.15) is 4.31 Å². The second-order valence-electron chi connectivity index (χ2n) is 11.2. The standard InChI is InChI=1S/C32H35FN4O6S2/c1-3-21(2)17-36(45(41,42)25-12-13-26-30(16-25)44-20-34-26)18-28(38)27(14-22-8-5-4-6-9-22)35-31(39)29-19-37(32(40)43-29)24-11-7-10-23(33)15-24/h4-13,15-16,20-21,27-29,38H,3,14,17-19H2,1-2H3,(H,35,39)/t21-,27-,28+,29-/m0/s1. The summed E-state index contributed by atoms with van der Waals surface area (Å²) in [6, 6.07) is 18.4. The first kappa shape index (κ1) is 32.5. The highest BCUT2D eigenvalue weighted by molar-refractivity contribution is 7.89. The van der Waals surface area contributed by atoms with Gasteiger partial charge in [0, 0.05) is 13.1 Å². The number of sulfonamides is 1. The molecule has 238 valence electrons. The number of anilines is 1. The van der Waals surface area contributed by atoms with E-state index in [9.17, 15) is 27.5 Å². The minimum Gasteiger partial charge on any atom is -0.434 e. The van der Waals surface area contributed by atoms with Crippen molar-refractivity contribution < 1.29 is 32.2 Å². The molecule has 1 aromatic heterocycles. The molecule has 45 heavy (non-hydrogen) atoms. The Morgan fingerprint density at radius 2 is 1.93 bits per heavy atom. The van der Waals surface area contributed by atoms with Gasteiger partial charge in [0.1, 0.15) is 5.82 Å². The summed E-state index contributed by atoms with van der Waals surface area (Å²) in [5.41, 5.74) is 3.40. The smallest absolute Gasteiger partial charge is 0.415 e. The number of fused-ring (bicyclic) bond motifs is 1. The quantitative estimate of drug-likeness (QED) is 0.216. The number of ether oxygens (including phenoxy) is 1. The summed E-state index contributed by atoms with van der Waals surface area (Å²) in [5.74, 6) is -1.20. The third kappa shape index (κ3) is 7.67. The maximum Gasteiger partial charge on any atom is 0.415 e. The van der Waals surface area contributed by atoms with E-state index in [1.54, 1.807) is 17.6 Å². The van der Waals surface area contributed by atoms with Gasteiger partial charge in [-0.25, -0.2) is 22.6 Å². The van der Waals surface area contributed by atoms with E-state index in [4.69, 9.17) is 4.74 Å². The van der Waals surface area contributed by atoms with E-state index in [-0.39, 0.29) is 42.6 Å². The fourth-order valence-electron chi connectivity index (χ4n) is 5.11. The van der Waals surface area contributed by atoms with E-state index < -0.39 is 46.1 Å². The van der Waals surface area contributed by atoms with E-state index in [1.165, 1.54) is 46.0 Å². The van der Waals surface area contributed by atoms with Crippen molar-refractivity contribution in [3.8, 4) is 0 Å². The molecule has 0 aliphatic carbocycles. The molecule has 0 unspecified atom stereocenters. The van der Waals surface area contributed by atoms with Gasteiger partial charge in [-0.3, -0.25) is 9.69 Å². The fourth-order valence-corrected chi connectivity index (χ4v) is 7.51. The Balaban J connectivity index is 1.38. The maximum atomic E-state index is 13.9. The summed E-state index contributed by atoms with van der Waals surface area (Å²) >= 11 is 1.34. The normalized spacial score (nSPS) is 17.3. The van der Waals surface area contributed by atoms with Gasteiger partial charge in [0.2, 0.25) is 10.0 Å². The van der Waals surface area contributed by atoms with Gasteiger partial charge in [0.15, 0.2) is 6.10 Å². The number of aromatic nitrogens is 1. The van der Waals surface area contributed by atoms with Crippen molar-refractivity contribution in [2.75, 3.05) is 24.5 Å². The molecule has 2 amide bonds. The number of nitrogens with zero attached hydrogens (tertiary/aromatic N) is 3. The molecule has 13 heteroatoms. The molecule has 3 aromatic carbocycles. The van der Waals surface area contributed by atoms with Crippen molar-refractivity contribution in [1.29, 1.82) is 0 Å². The number of halogens is 1. The van der Waals surface area contributed by atoms with Gasteiger partial charge >= 0.3 is 6.09 Å². The molecule has 1 fully saturated rings. The summed E-state index contributed by atoms with van der Waals surface area (Å²) in [6.07, 6.45) is -2.44. The molecule has 0 radical (unpaired) electrons. The van der Waals surface area contributed by atoms with Crippen molar-refractivity contribution in [3.05, 3.63) is 89.7 Å². The zero-order valence-corrected chi connectivity index (χ0v) is 26.5. The summed E-state index contributed by atoms with van der Waals surface area (Å²) in [7, 11) is -4.04. The highest BCUT2D eigenvalue weighted by Crippen LogP contribution is 2.26. The number of benzene rings is 3. The van der Waals surface area contributed by atoms with E-state index in [1.807, 2.05) is 44.2 Å². The average Bonchev–Trinajstić information content (AvgIpc) is 3.67. The van der Waals surface area contributed by atoms with E-state index in [2.05, 4.69) is 10.3 Å². The lowest BCUT2D eigenvalue weighted by molar-refractivity contribution is -0.129. The van der Waals surface area contributed by atoms with E-state index >= 15 is 0 Å². The van der Waals surface area contributed by atoms with E-state index in [0.29, 0.717) is 5.52 Å². The Kier molecular flexibility index (Phi) is 10.1. The molecule has 4 atom stereocenters. The monoisotopic (exact) mass is 654 g/mol. The predicted octanol–water partition coefficient (Wildman–Crippen LogP) is 4.59. The highest BCUT2D eigenvalue weighted by Gasteiger charge is 2.39.